The summed E-state index contributed by atoms with van der Waals surface area (Å²) in [5, 5.41) is 11.4. The van der Waals surface area contributed by atoms with Gasteiger partial charge in [0.15, 0.2) is 0 Å². The van der Waals surface area contributed by atoms with Crippen LogP contribution in [0.5, 0.6) is 0 Å². The SMILES string of the molecule is CC(C)(C)OC(=O)NC1CCN(CCOCCOCCOCCOCCOCC(=O)O)CC1. The van der Waals surface area contributed by atoms with Crippen LogP contribution in [-0.4, -0.2) is 119 Å². The highest BCUT2D eigenvalue weighted by atomic mass is 16.6. The summed E-state index contributed by atoms with van der Waals surface area (Å²) in [5.74, 6) is -0.991. The first-order chi connectivity index (χ1) is 15.8. The van der Waals surface area contributed by atoms with E-state index in [4.69, 9.17) is 33.5 Å². The van der Waals surface area contributed by atoms with E-state index in [1.54, 1.807) is 0 Å². The van der Waals surface area contributed by atoms with Gasteiger partial charge in [-0.05, 0) is 33.6 Å². The average Bonchev–Trinajstić information content (AvgIpc) is 2.73. The first-order valence-corrected chi connectivity index (χ1v) is 11.6. The van der Waals surface area contributed by atoms with Crippen molar-refractivity contribution >= 4 is 12.1 Å². The number of amides is 1. The Morgan fingerprint density at radius 1 is 0.818 bits per heavy atom. The van der Waals surface area contributed by atoms with Gasteiger partial charge in [-0.3, -0.25) is 0 Å². The lowest BCUT2D eigenvalue weighted by molar-refractivity contribution is -0.142. The van der Waals surface area contributed by atoms with Crippen LogP contribution in [0, 0.1) is 0 Å². The lowest BCUT2D eigenvalue weighted by Crippen LogP contribution is -2.46. The zero-order valence-electron chi connectivity index (χ0n) is 20.3. The summed E-state index contributed by atoms with van der Waals surface area (Å²) in [7, 11) is 0. The molecule has 0 saturated carbocycles. The summed E-state index contributed by atoms with van der Waals surface area (Å²) in [4.78, 5) is 24.4. The van der Waals surface area contributed by atoms with E-state index in [0.29, 0.717) is 52.9 Å². The first-order valence-electron chi connectivity index (χ1n) is 11.6. The largest absolute Gasteiger partial charge is 0.480 e. The molecule has 194 valence electrons. The molecule has 0 aliphatic carbocycles. The van der Waals surface area contributed by atoms with Crippen LogP contribution in [0.25, 0.3) is 0 Å². The van der Waals surface area contributed by atoms with Crippen LogP contribution < -0.4 is 5.32 Å². The van der Waals surface area contributed by atoms with E-state index in [1.807, 2.05) is 20.8 Å². The monoisotopic (exact) mass is 478 g/mol. The van der Waals surface area contributed by atoms with Gasteiger partial charge in [0.2, 0.25) is 0 Å². The van der Waals surface area contributed by atoms with E-state index in [9.17, 15) is 9.59 Å². The Hall–Kier alpha value is -1.50. The standard InChI is InChI=1S/C22H42N2O9/c1-22(2,3)33-21(27)23-19-4-6-24(7-5-19)8-9-28-10-11-29-12-13-30-14-15-31-16-17-32-18-20(25)26/h19H,4-18H2,1-3H3,(H,23,27)(H,25,26). The molecular weight excluding hydrogens is 436 g/mol. The molecule has 1 rings (SSSR count). The Kier molecular flexibility index (Phi) is 16.0. The van der Waals surface area contributed by atoms with Crippen molar-refractivity contribution in [1.29, 1.82) is 0 Å². The van der Waals surface area contributed by atoms with Gasteiger partial charge in [0.25, 0.3) is 0 Å². The minimum atomic E-state index is -0.991. The third-order valence-corrected chi connectivity index (χ3v) is 4.57. The second kappa shape index (κ2) is 17.9. The summed E-state index contributed by atoms with van der Waals surface area (Å²) < 4.78 is 31.9. The molecule has 0 spiro atoms. The Labute approximate surface area is 197 Å². The molecule has 0 atom stereocenters. The molecule has 0 unspecified atom stereocenters. The Bertz CT molecular complexity index is 520. The maximum absolute atomic E-state index is 11.8. The van der Waals surface area contributed by atoms with E-state index in [0.717, 1.165) is 32.5 Å². The van der Waals surface area contributed by atoms with Gasteiger partial charge in [-0.2, -0.15) is 0 Å². The van der Waals surface area contributed by atoms with Crippen LogP contribution in [0.15, 0.2) is 0 Å². The molecule has 1 fully saturated rings. The molecule has 0 aromatic rings. The molecule has 1 saturated heterocycles. The van der Waals surface area contributed by atoms with Crippen LogP contribution in [0.4, 0.5) is 4.79 Å². The molecule has 1 amide bonds. The van der Waals surface area contributed by atoms with Gasteiger partial charge in [0, 0.05) is 25.7 Å². The van der Waals surface area contributed by atoms with Crippen LogP contribution in [0.2, 0.25) is 0 Å². The number of carbonyl (C=O) groups excluding carboxylic acids is 1. The topological polar surface area (TPSA) is 125 Å². The maximum Gasteiger partial charge on any atom is 0.407 e. The number of nitrogens with one attached hydrogen (secondary N) is 1. The molecular formula is C22H42N2O9. The van der Waals surface area contributed by atoms with Crippen molar-refractivity contribution in [2.75, 3.05) is 85.7 Å². The number of carbonyl (C=O) groups is 2. The van der Waals surface area contributed by atoms with Crippen molar-refractivity contribution in [3.8, 4) is 0 Å². The fourth-order valence-corrected chi connectivity index (χ4v) is 3.01. The lowest BCUT2D eigenvalue weighted by atomic mass is 10.1. The van der Waals surface area contributed by atoms with Crippen LogP contribution in [0.3, 0.4) is 0 Å². The molecule has 0 aromatic heterocycles. The highest BCUT2D eigenvalue weighted by Gasteiger charge is 2.23. The van der Waals surface area contributed by atoms with Crippen LogP contribution in [0.1, 0.15) is 33.6 Å². The fourth-order valence-electron chi connectivity index (χ4n) is 3.01. The van der Waals surface area contributed by atoms with E-state index < -0.39 is 11.6 Å². The number of hydrogen-bond acceptors (Lipinski definition) is 9. The highest BCUT2D eigenvalue weighted by molar-refractivity contribution is 5.68. The van der Waals surface area contributed by atoms with Gasteiger partial charge in [-0.1, -0.05) is 0 Å². The molecule has 0 aromatic carbocycles. The quantitative estimate of drug-likeness (QED) is 0.277. The predicted molar refractivity (Wildman–Crippen MR) is 121 cm³/mol. The number of piperidine rings is 1. The summed E-state index contributed by atoms with van der Waals surface area (Å²) in [6.45, 7) is 12.1. The van der Waals surface area contributed by atoms with E-state index in [1.165, 1.54) is 0 Å². The number of likely N-dealkylation sites (tertiary alicyclic amines) is 1. The van der Waals surface area contributed by atoms with Gasteiger partial charge in [-0.25, -0.2) is 9.59 Å². The molecule has 2 N–H and O–H groups in total. The van der Waals surface area contributed by atoms with Crippen molar-refractivity contribution in [2.45, 2.75) is 45.3 Å². The summed E-state index contributed by atoms with van der Waals surface area (Å²) in [6, 6.07) is 0.164. The second-order valence-corrected chi connectivity index (χ2v) is 8.66. The molecule has 0 bridgehead atoms. The minimum absolute atomic E-state index is 0.164. The number of hydrogen-bond donors (Lipinski definition) is 2. The first kappa shape index (κ1) is 29.5. The van der Waals surface area contributed by atoms with Crippen molar-refractivity contribution in [3.63, 3.8) is 0 Å². The zero-order chi connectivity index (χ0) is 24.4. The highest BCUT2D eigenvalue weighted by Crippen LogP contribution is 2.12. The van der Waals surface area contributed by atoms with Gasteiger partial charge < -0.3 is 43.7 Å². The van der Waals surface area contributed by atoms with Gasteiger partial charge in [-0.15, -0.1) is 0 Å². The van der Waals surface area contributed by atoms with Crippen LogP contribution in [-0.2, 0) is 33.2 Å². The van der Waals surface area contributed by atoms with Crippen molar-refractivity contribution < 1.29 is 43.1 Å². The van der Waals surface area contributed by atoms with Crippen molar-refractivity contribution in [3.05, 3.63) is 0 Å². The van der Waals surface area contributed by atoms with E-state index in [2.05, 4.69) is 10.2 Å². The number of alkyl carbamates (subject to hydrolysis) is 1. The number of carboxylic acids is 1. The molecule has 11 heteroatoms. The number of ether oxygens (including phenoxy) is 6. The third-order valence-electron chi connectivity index (χ3n) is 4.57. The number of aliphatic carboxylic acids is 1. The molecule has 0 radical (unpaired) electrons. The fraction of sp³-hybridized carbons (Fsp3) is 0.909. The minimum Gasteiger partial charge on any atom is -0.480 e. The summed E-state index contributed by atoms with van der Waals surface area (Å²) in [5.41, 5.74) is -0.476. The Morgan fingerprint density at radius 2 is 1.27 bits per heavy atom. The van der Waals surface area contributed by atoms with Crippen molar-refractivity contribution in [2.24, 2.45) is 0 Å². The van der Waals surface area contributed by atoms with Gasteiger partial charge in [0.05, 0.1) is 59.5 Å². The molecule has 33 heavy (non-hydrogen) atoms. The Balaban J connectivity index is 1.82. The second-order valence-electron chi connectivity index (χ2n) is 8.66. The molecule has 1 heterocycles. The zero-order valence-corrected chi connectivity index (χ0v) is 20.3. The number of nitrogens with zero attached hydrogens (tertiary/aromatic N) is 1. The molecule has 1 aliphatic heterocycles. The summed E-state index contributed by atoms with van der Waals surface area (Å²) >= 11 is 0. The van der Waals surface area contributed by atoms with Gasteiger partial charge >= 0.3 is 12.1 Å². The van der Waals surface area contributed by atoms with E-state index >= 15 is 0 Å². The van der Waals surface area contributed by atoms with Crippen LogP contribution >= 0.6 is 0 Å². The van der Waals surface area contributed by atoms with Crippen molar-refractivity contribution in [1.82, 2.24) is 10.2 Å². The third kappa shape index (κ3) is 18.6. The molecule has 1 aliphatic rings. The maximum atomic E-state index is 11.8. The Morgan fingerprint density at radius 3 is 1.73 bits per heavy atom. The molecule has 11 nitrogen and oxygen atoms in total. The average molecular weight is 479 g/mol. The van der Waals surface area contributed by atoms with Gasteiger partial charge in [0.1, 0.15) is 12.2 Å². The normalized spacial score (nSPS) is 15.5. The number of rotatable bonds is 18. The van der Waals surface area contributed by atoms with E-state index in [-0.39, 0.29) is 25.3 Å². The summed E-state index contributed by atoms with van der Waals surface area (Å²) in [6.07, 6.45) is 1.47. The lowest BCUT2D eigenvalue weighted by Gasteiger charge is -2.32. The number of carboxylic acid groups (broad SMARTS) is 1. The smallest absolute Gasteiger partial charge is 0.407 e. The predicted octanol–water partition coefficient (Wildman–Crippen LogP) is 1.14.